The molecule has 0 bridgehead atoms. The predicted octanol–water partition coefficient (Wildman–Crippen LogP) is -0.176. The van der Waals surface area contributed by atoms with Gasteiger partial charge in [0.15, 0.2) is 11.6 Å². The molecule has 68 valence electrons. The van der Waals surface area contributed by atoms with E-state index in [4.69, 9.17) is 5.11 Å². The van der Waals surface area contributed by atoms with Gasteiger partial charge in [-0.3, -0.25) is 14.4 Å². The number of ketones is 3. The highest BCUT2D eigenvalue weighted by molar-refractivity contribution is 6.35. The van der Waals surface area contributed by atoms with E-state index in [1.165, 1.54) is 13.8 Å². The average Bonchev–Trinajstić information content (AvgIpc) is 1.88. The molecule has 0 fully saturated rings. The van der Waals surface area contributed by atoms with Crippen LogP contribution in [-0.2, 0) is 19.2 Å². The van der Waals surface area contributed by atoms with E-state index in [1.54, 1.807) is 0 Å². The molecule has 0 aromatic carbocycles. The van der Waals surface area contributed by atoms with Crippen LogP contribution >= 0.6 is 0 Å². The number of rotatable bonds is 2. The molecule has 0 heterocycles. The zero-order valence-electron chi connectivity index (χ0n) is 7.08. The molecule has 5 heteroatoms. The van der Waals surface area contributed by atoms with Crippen molar-refractivity contribution in [2.75, 3.05) is 0 Å². The fraction of sp³-hybridized carbons (Fsp3) is 0.429. The van der Waals surface area contributed by atoms with Crippen molar-refractivity contribution in [1.29, 1.82) is 0 Å². The van der Waals surface area contributed by atoms with Crippen LogP contribution in [0.3, 0.4) is 0 Å². The maximum absolute atomic E-state index is 9.79. The molecule has 0 radical (unpaired) electrons. The molecule has 0 aromatic rings. The molecule has 0 rings (SSSR count). The number of Topliss-reactive ketones (excluding diaryl/α,β-unsaturated/α-hetero) is 3. The number of carboxylic acid groups (broad SMARTS) is 1. The second-order valence-electron chi connectivity index (χ2n) is 1.97. The normalized spacial score (nSPS) is 7.58. The largest absolute Gasteiger partial charge is 0.476 e. The van der Waals surface area contributed by atoms with Gasteiger partial charge < -0.3 is 5.11 Å². The van der Waals surface area contributed by atoms with Gasteiger partial charge in [-0.25, -0.2) is 4.79 Å². The Balaban J connectivity index is 0. The highest BCUT2D eigenvalue weighted by Crippen LogP contribution is 1.66. The molecule has 0 aromatic heterocycles. The van der Waals surface area contributed by atoms with Crippen molar-refractivity contribution in [3.63, 3.8) is 0 Å². The molecule has 0 aliphatic carbocycles. The lowest BCUT2D eigenvalue weighted by Crippen LogP contribution is -2.05. The van der Waals surface area contributed by atoms with Gasteiger partial charge in [-0.05, 0) is 0 Å². The molecule has 0 atom stereocenters. The Bertz CT molecular complexity index is 168. The van der Waals surface area contributed by atoms with Gasteiger partial charge in [0.25, 0.3) is 0 Å². The number of carbonyl (C=O) groups is 4. The second-order valence-corrected chi connectivity index (χ2v) is 1.97. The standard InChI is InChI=1S/C4H6O2.C3H4O3/c1-3(5)4(2)6;1-2(4)3(5)6/h1-2H3;1H3,(H,5,6). The summed E-state index contributed by atoms with van der Waals surface area (Å²) < 4.78 is 0. The summed E-state index contributed by atoms with van der Waals surface area (Å²) in [5, 5.41) is 7.64. The summed E-state index contributed by atoms with van der Waals surface area (Å²) >= 11 is 0. The molecule has 12 heavy (non-hydrogen) atoms. The number of hydrogen-bond donors (Lipinski definition) is 1. The van der Waals surface area contributed by atoms with Crippen molar-refractivity contribution in [3.05, 3.63) is 0 Å². The molecule has 0 aliphatic heterocycles. The second kappa shape index (κ2) is 6.21. The Morgan fingerprint density at radius 3 is 0.917 bits per heavy atom. The summed E-state index contributed by atoms with van der Waals surface area (Å²) in [4.78, 5) is 38.5. The quantitative estimate of drug-likeness (QED) is 0.587. The highest BCUT2D eigenvalue weighted by Gasteiger charge is 1.99. The van der Waals surface area contributed by atoms with Gasteiger partial charge in [-0.2, -0.15) is 0 Å². The van der Waals surface area contributed by atoms with Crippen LogP contribution in [0, 0.1) is 0 Å². The van der Waals surface area contributed by atoms with Crippen molar-refractivity contribution in [3.8, 4) is 0 Å². The Hall–Kier alpha value is -1.52. The number of carboxylic acids is 1. The van der Waals surface area contributed by atoms with Gasteiger partial charge in [0.2, 0.25) is 5.78 Å². The lowest BCUT2D eigenvalue weighted by molar-refractivity contribution is -0.148. The van der Waals surface area contributed by atoms with Crippen LogP contribution in [0.5, 0.6) is 0 Å². The van der Waals surface area contributed by atoms with E-state index in [2.05, 4.69) is 0 Å². The monoisotopic (exact) mass is 174 g/mol. The molecule has 0 amide bonds. The SMILES string of the molecule is CC(=O)C(=O)O.CC(=O)C(C)=O. The Kier molecular flexibility index (Phi) is 6.77. The van der Waals surface area contributed by atoms with Gasteiger partial charge in [0.05, 0.1) is 0 Å². The van der Waals surface area contributed by atoms with Crippen LogP contribution in [0.2, 0.25) is 0 Å². The van der Waals surface area contributed by atoms with Gasteiger partial charge >= 0.3 is 5.97 Å². The Labute approximate surface area is 69.4 Å². The molecular weight excluding hydrogens is 164 g/mol. The lowest BCUT2D eigenvalue weighted by atomic mass is 10.3. The van der Waals surface area contributed by atoms with Crippen molar-refractivity contribution in [1.82, 2.24) is 0 Å². The van der Waals surface area contributed by atoms with Crippen molar-refractivity contribution in [2.24, 2.45) is 0 Å². The number of carbonyl (C=O) groups excluding carboxylic acids is 3. The minimum atomic E-state index is -1.38. The topological polar surface area (TPSA) is 88.5 Å². The summed E-state index contributed by atoms with van der Waals surface area (Å²) in [6.07, 6.45) is 0. The highest BCUT2D eigenvalue weighted by atomic mass is 16.4. The summed E-state index contributed by atoms with van der Waals surface area (Å²) in [6.45, 7) is 3.51. The summed E-state index contributed by atoms with van der Waals surface area (Å²) in [6, 6.07) is 0. The maximum atomic E-state index is 9.79. The molecular formula is C7H10O5. The van der Waals surface area contributed by atoms with Crippen LogP contribution in [0.4, 0.5) is 0 Å². The zero-order chi connectivity index (χ0) is 10.3. The van der Waals surface area contributed by atoms with Crippen molar-refractivity contribution < 1.29 is 24.3 Å². The lowest BCUT2D eigenvalue weighted by Gasteiger charge is -1.73. The van der Waals surface area contributed by atoms with Crippen molar-refractivity contribution >= 4 is 23.3 Å². The van der Waals surface area contributed by atoms with E-state index in [1.807, 2.05) is 0 Å². The fourth-order valence-electron chi connectivity index (χ4n) is 0. The molecule has 0 spiro atoms. The molecule has 0 aliphatic rings. The first-order valence-corrected chi connectivity index (χ1v) is 3.04. The van der Waals surface area contributed by atoms with E-state index in [0.29, 0.717) is 0 Å². The molecule has 0 saturated carbocycles. The smallest absolute Gasteiger partial charge is 0.371 e. The third kappa shape index (κ3) is 11.3. The summed E-state index contributed by atoms with van der Waals surface area (Å²) in [5.41, 5.74) is 0. The molecule has 0 unspecified atom stereocenters. The predicted molar refractivity (Wildman–Crippen MR) is 39.7 cm³/mol. The van der Waals surface area contributed by atoms with Crippen molar-refractivity contribution in [2.45, 2.75) is 20.8 Å². The molecule has 5 nitrogen and oxygen atoms in total. The van der Waals surface area contributed by atoms with E-state index in [0.717, 1.165) is 6.92 Å². The third-order valence-corrected chi connectivity index (χ3v) is 0.797. The van der Waals surface area contributed by atoms with E-state index < -0.39 is 11.8 Å². The maximum Gasteiger partial charge on any atom is 0.371 e. The van der Waals surface area contributed by atoms with E-state index in [-0.39, 0.29) is 11.6 Å². The first kappa shape index (κ1) is 13.1. The fourth-order valence-corrected chi connectivity index (χ4v) is 0. The summed E-state index contributed by atoms with van der Waals surface area (Å²) in [5.74, 6) is -2.96. The van der Waals surface area contributed by atoms with E-state index in [9.17, 15) is 19.2 Å². The van der Waals surface area contributed by atoms with E-state index >= 15 is 0 Å². The minimum Gasteiger partial charge on any atom is -0.476 e. The average molecular weight is 174 g/mol. The van der Waals surface area contributed by atoms with Gasteiger partial charge in [-0.1, -0.05) is 0 Å². The van der Waals surface area contributed by atoms with Crippen LogP contribution in [0.15, 0.2) is 0 Å². The van der Waals surface area contributed by atoms with Crippen LogP contribution in [-0.4, -0.2) is 28.4 Å². The van der Waals surface area contributed by atoms with Gasteiger partial charge in [0, 0.05) is 20.8 Å². The first-order chi connectivity index (χ1) is 5.29. The summed E-state index contributed by atoms with van der Waals surface area (Å²) in [7, 11) is 0. The minimum absolute atomic E-state index is 0.380. The first-order valence-electron chi connectivity index (χ1n) is 3.04. The van der Waals surface area contributed by atoms with Crippen LogP contribution in [0.25, 0.3) is 0 Å². The Morgan fingerprint density at radius 1 is 0.750 bits per heavy atom. The third-order valence-electron chi connectivity index (χ3n) is 0.797. The van der Waals surface area contributed by atoms with Gasteiger partial charge in [-0.15, -0.1) is 0 Å². The zero-order valence-corrected chi connectivity index (χ0v) is 7.08. The Morgan fingerprint density at radius 2 is 0.917 bits per heavy atom. The van der Waals surface area contributed by atoms with Crippen LogP contribution in [0.1, 0.15) is 20.8 Å². The van der Waals surface area contributed by atoms with Crippen LogP contribution < -0.4 is 0 Å². The number of hydrogen-bond acceptors (Lipinski definition) is 4. The molecule has 1 N–H and O–H groups in total. The number of aliphatic carboxylic acids is 1. The molecule has 0 saturated heterocycles. The van der Waals surface area contributed by atoms with Gasteiger partial charge in [0.1, 0.15) is 0 Å².